The number of methoxy groups -OCH3 is 1. The molecule has 1 heterocycles. The predicted molar refractivity (Wildman–Crippen MR) is 62.3 cm³/mol. The average molecular weight is 220 g/mol. The van der Waals surface area contributed by atoms with E-state index in [-0.39, 0.29) is 5.91 Å². The molecule has 1 aromatic rings. The lowest BCUT2D eigenvalue weighted by molar-refractivity contribution is -0.119. The van der Waals surface area contributed by atoms with E-state index in [4.69, 9.17) is 10.5 Å². The lowest BCUT2D eigenvalue weighted by atomic mass is 10.1. The Morgan fingerprint density at radius 3 is 2.94 bits per heavy atom. The first-order chi connectivity index (χ1) is 7.65. The lowest BCUT2D eigenvalue weighted by Gasteiger charge is -2.16. The zero-order valence-electron chi connectivity index (χ0n) is 9.56. The summed E-state index contributed by atoms with van der Waals surface area (Å²) in [6, 6.07) is 5.39. The highest BCUT2D eigenvalue weighted by Gasteiger charge is 2.34. The Kier molecular flexibility index (Phi) is 2.94. The molecule has 0 radical (unpaired) electrons. The van der Waals surface area contributed by atoms with Gasteiger partial charge >= 0.3 is 0 Å². The van der Waals surface area contributed by atoms with Crippen LogP contribution in [0.25, 0.3) is 0 Å². The highest BCUT2D eigenvalue weighted by Crippen LogP contribution is 2.34. The summed E-state index contributed by atoms with van der Waals surface area (Å²) in [5.41, 5.74) is 8.84. The molecule has 2 rings (SSSR count). The monoisotopic (exact) mass is 220 g/mol. The van der Waals surface area contributed by atoms with E-state index in [1.54, 1.807) is 12.0 Å². The van der Waals surface area contributed by atoms with Gasteiger partial charge in [0.15, 0.2) is 0 Å². The smallest absolute Gasteiger partial charge is 0.248 e. The molecule has 1 amide bonds. The normalized spacial score (nSPS) is 19.1. The van der Waals surface area contributed by atoms with E-state index >= 15 is 0 Å². The van der Waals surface area contributed by atoms with Gasteiger partial charge in [-0.1, -0.05) is 17.7 Å². The predicted octanol–water partition coefficient (Wildman–Crippen LogP) is 0.988. The third-order valence-corrected chi connectivity index (χ3v) is 2.86. The Morgan fingerprint density at radius 2 is 2.25 bits per heavy atom. The zero-order valence-corrected chi connectivity index (χ0v) is 9.56. The molecule has 1 aliphatic rings. The molecule has 0 aliphatic carbocycles. The Labute approximate surface area is 95.0 Å². The van der Waals surface area contributed by atoms with E-state index in [0.717, 1.165) is 16.8 Å². The van der Waals surface area contributed by atoms with E-state index in [1.807, 2.05) is 25.1 Å². The van der Waals surface area contributed by atoms with Gasteiger partial charge < -0.3 is 15.4 Å². The van der Waals surface area contributed by atoms with Crippen LogP contribution in [0.5, 0.6) is 0 Å². The molecule has 0 aromatic heterocycles. The van der Waals surface area contributed by atoms with E-state index in [1.165, 1.54) is 0 Å². The Balaban J connectivity index is 2.34. The van der Waals surface area contributed by atoms with Crippen LogP contribution in [0.1, 0.15) is 17.2 Å². The highest BCUT2D eigenvalue weighted by molar-refractivity contribution is 6.04. The molecule has 16 heavy (non-hydrogen) atoms. The second-order valence-electron chi connectivity index (χ2n) is 4.02. The van der Waals surface area contributed by atoms with Gasteiger partial charge in [0, 0.05) is 24.9 Å². The number of nitrogens with two attached hydrogens (primary N) is 1. The highest BCUT2D eigenvalue weighted by atomic mass is 16.5. The number of fused-ring (bicyclic) bond motifs is 1. The summed E-state index contributed by atoms with van der Waals surface area (Å²) in [5, 5.41) is 0. The topological polar surface area (TPSA) is 55.6 Å². The molecule has 0 fully saturated rings. The van der Waals surface area contributed by atoms with Crippen LogP contribution in [-0.2, 0) is 9.53 Å². The van der Waals surface area contributed by atoms with Gasteiger partial charge in [-0.25, -0.2) is 0 Å². The third kappa shape index (κ3) is 1.70. The molecule has 1 aromatic carbocycles. The average Bonchev–Trinajstić information content (AvgIpc) is 2.50. The molecule has 1 atom stereocenters. The molecule has 1 unspecified atom stereocenters. The lowest BCUT2D eigenvalue weighted by Crippen LogP contribution is -2.34. The summed E-state index contributed by atoms with van der Waals surface area (Å²) in [5.74, 6) is -0.0438. The number of rotatable bonds is 3. The van der Waals surface area contributed by atoms with Crippen LogP contribution in [-0.4, -0.2) is 26.2 Å². The molecule has 0 spiro atoms. The van der Waals surface area contributed by atoms with Crippen molar-refractivity contribution in [1.29, 1.82) is 0 Å². The molecule has 2 N–H and O–H groups in total. The molecule has 0 saturated carbocycles. The van der Waals surface area contributed by atoms with Crippen LogP contribution in [0.15, 0.2) is 18.2 Å². The number of carbonyl (C=O) groups is 1. The Bertz CT molecular complexity index is 417. The van der Waals surface area contributed by atoms with Crippen LogP contribution < -0.4 is 10.6 Å². The van der Waals surface area contributed by atoms with Crippen molar-refractivity contribution >= 4 is 11.6 Å². The molecule has 0 bridgehead atoms. The quantitative estimate of drug-likeness (QED) is 0.826. The standard InChI is InChI=1S/C12H16N2O2/c1-8-3-4-10-9(7-8)11(13)12(15)14(10)5-6-16-2/h3-4,7,11H,5-6,13H2,1-2H3. The van der Waals surface area contributed by atoms with Crippen LogP contribution >= 0.6 is 0 Å². The first-order valence-corrected chi connectivity index (χ1v) is 5.31. The van der Waals surface area contributed by atoms with Crippen molar-refractivity contribution in [3.05, 3.63) is 29.3 Å². The van der Waals surface area contributed by atoms with Crippen molar-refractivity contribution in [2.75, 3.05) is 25.2 Å². The maximum absolute atomic E-state index is 11.9. The second kappa shape index (κ2) is 4.23. The SMILES string of the molecule is COCCN1C(=O)C(N)c2cc(C)ccc21. The minimum atomic E-state index is -0.522. The van der Waals surface area contributed by atoms with Crippen LogP contribution in [0.3, 0.4) is 0 Å². The summed E-state index contributed by atoms with van der Waals surface area (Å²) in [7, 11) is 1.62. The summed E-state index contributed by atoms with van der Waals surface area (Å²) in [6.07, 6.45) is 0. The summed E-state index contributed by atoms with van der Waals surface area (Å²) in [6.45, 7) is 3.07. The van der Waals surface area contributed by atoms with Gasteiger partial charge in [0.1, 0.15) is 6.04 Å². The maximum atomic E-state index is 11.9. The van der Waals surface area contributed by atoms with Gasteiger partial charge in [-0.05, 0) is 13.0 Å². The molecule has 4 nitrogen and oxygen atoms in total. The van der Waals surface area contributed by atoms with Gasteiger partial charge in [-0.15, -0.1) is 0 Å². The van der Waals surface area contributed by atoms with E-state index in [9.17, 15) is 4.79 Å². The number of anilines is 1. The largest absolute Gasteiger partial charge is 0.383 e. The Hall–Kier alpha value is -1.39. The van der Waals surface area contributed by atoms with Crippen molar-refractivity contribution in [2.45, 2.75) is 13.0 Å². The summed E-state index contributed by atoms with van der Waals surface area (Å²) < 4.78 is 4.99. The van der Waals surface area contributed by atoms with Gasteiger partial charge in [-0.3, -0.25) is 4.79 Å². The molecule has 4 heteroatoms. The zero-order chi connectivity index (χ0) is 11.7. The van der Waals surface area contributed by atoms with Gasteiger partial charge in [0.25, 0.3) is 0 Å². The van der Waals surface area contributed by atoms with Gasteiger partial charge in [0.05, 0.1) is 6.61 Å². The third-order valence-electron chi connectivity index (χ3n) is 2.86. The molecular formula is C12H16N2O2. The second-order valence-corrected chi connectivity index (χ2v) is 4.02. The number of aryl methyl sites for hydroxylation is 1. The van der Waals surface area contributed by atoms with Crippen LogP contribution in [0, 0.1) is 6.92 Å². The first-order valence-electron chi connectivity index (χ1n) is 5.31. The van der Waals surface area contributed by atoms with Gasteiger partial charge in [-0.2, -0.15) is 0 Å². The minimum Gasteiger partial charge on any atom is -0.383 e. The van der Waals surface area contributed by atoms with Crippen molar-refractivity contribution < 1.29 is 9.53 Å². The molecule has 1 aliphatic heterocycles. The minimum absolute atomic E-state index is 0.0438. The summed E-state index contributed by atoms with van der Waals surface area (Å²) >= 11 is 0. The molecular weight excluding hydrogens is 204 g/mol. The number of benzene rings is 1. The van der Waals surface area contributed by atoms with E-state index in [2.05, 4.69) is 0 Å². The summed E-state index contributed by atoms with van der Waals surface area (Å²) in [4.78, 5) is 13.6. The number of ether oxygens (including phenoxy) is 1. The molecule has 0 saturated heterocycles. The number of hydrogen-bond acceptors (Lipinski definition) is 3. The van der Waals surface area contributed by atoms with Crippen molar-refractivity contribution in [3.63, 3.8) is 0 Å². The maximum Gasteiger partial charge on any atom is 0.248 e. The molecule has 86 valence electrons. The van der Waals surface area contributed by atoms with Gasteiger partial charge in [0.2, 0.25) is 5.91 Å². The van der Waals surface area contributed by atoms with Crippen molar-refractivity contribution in [3.8, 4) is 0 Å². The number of nitrogens with zero attached hydrogens (tertiary/aromatic N) is 1. The van der Waals surface area contributed by atoms with Crippen molar-refractivity contribution in [2.24, 2.45) is 5.73 Å². The van der Waals surface area contributed by atoms with E-state index in [0.29, 0.717) is 13.2 Å². The van der Waals surface area contributed by atoms with E-state index < -0.39 is 6.04 Å². The Morgan fingerprint density at radius 1 is 1.50 bits per heavy atom. The van der Waals surface area contributed by atoms with Crippen LogP contribution in [0.4, 0.5) is 5.69 Å². The fourth-order valence-corrected chi connectivity index (χ4v) is 2.00. The number of hydrogen-bond donors (Lipinski definition) is 1. The number of carbonyl (C=O) groups excluding carboxylic acids is 1. The first kappa shape index (κ1) is 11.1. The fourth-order valence-electron chi connectivity index (χ4n) is 2.00. The number of amides is 1. The van der Waals surface area contributed by atoms with Crippen molar-refractivity contribution in [1.82, 2.24) is 0 Å². The van der Waals surface area contributed by atoms with Crippen LogP contribution in [0.2, 0.25) is 0 Å². The fraction of sp³-hybridized carbons (Fsp3) is 0.417.